The van der Waals surface area contributed by atoms with Gasteiger partial charge in [0.05, 0.1) is 0 Å². The highest BCUT2D eigenvalue weighted by Crippen LogP contribution is 2.22. The summed E-state index contributed by atoms with van der Waals surface area (Å²) in [5.74, 6) is 0.588. The van der Waals surface area contributed by atoms with Gasteiger partial charge in [-0.2, -0.15) is 0 Å². The highest BCUT2D eigenvalue weighted by molar-refractivity contribution is 5.37. The van der Waals surface area contributed by atoms with Crippen LogP contribution < -0.4 is 10.5 Å². The largest absolute Gasteiger partial charge is 0.489 e. The maximum Gasteiger partial charge on any atom is 0.123 e. The molecule has 0 aliphatic carbocycles. The van der Waals surface area contributed by atoms with Gasteiger partial charge in [-0.05, 0) is 61.7 Å². The van der Waals surface area contributed by atoms with E-state index in [-0.39, 0.29) is 5.82 Å². The summed E-state index contributed by atoms with van der Waals surface area (Å²) in [6.07, 6.45) is 0.777. The summed E-state index contributed by atoms with van der Waals surface area (Å²) in [7, 11) is 0. The second-order valence-electron chi connectivity index (χ2n) is 5.01. The first-order chi connectivity index (χ1) is 9.60. The molecule has 0 saturated carbocycles. The molecule has 0 unspecified atom stereocenters. The number of nitrogens with two attached hydrogens (primary N) is 1. The van der Waals surface area contributed by atoms with Crippen LogP contribution in [0.3, 0.4) is 0 Å². The van der Waals surface area contributed by atoms with Crippen molar-refractivity contribution < 1.29 is 9.13 Å². The molecule has 0 atom stereocenters. The predicted octanol–water partition coefficient (Wildman–Crippen LogP) is 3.52. The fourth-order valence-corrected chi connectivity index (χ4v) is 2.15. The van der Waals surface area contributed by atoms with Crippen molar-refractivity contribution in [2.24, 2.45) is 5.73 Å². The van der Waals surface area contributed by atoms with Crippen LogP contribution in [-0.2, 0) is 13.0 Å². The van der Waals surface area contributed by atoms with Gasteiger partial charge in [0.25, 0.3) is 0 Å². The smallest absolute Gasteiger partial charge is 0.123 e. The fraction of sp³-hybridized carbons (Fsp3) is 0.294. The Hall–Kier alpha value is -1.87. The molecular weight excluding hydrogens is 253 g/mol. The first kappa shape index (κ1) is 14.5. The van der Waals surface area contributed by atoms with Gasteiger partial charge in [0.2, 0.25) is 0 Å². The Morgan fingerprint density at radius 2 is 1.85 bits per heavy atom. The van der Waals surface area contributed by atoms with Gasteiger partial charge in [-0.3, -0.25) is 0 Å². The summed E-state index contributed by atoms with van der Waals surface area (Å²) in [5.41, 5.74) is 9.80. The zero-order chi connectivity index (χ0) is 14.5. The van der Waals surface area contributed by atoms with Gasteiger partial charge in [0.15, 0.2) is 0 Å². The molecule has 0 bridgehead atoms. The normalized spacial score (nSPS) is 10.6. The number of rotatable bonds is 5. The third-order valence-corrected chi connectivity index (χ3v) is 3.32. The van der Waals surface area contributed by atoms with Crippen molar-refractivity contribution in [3.8, 4) is 5.75 Å². The Labute approximate surface area is 119 Å². The zero-order valence-electron chi connectivity index (χ0n) is 11.9. The molecule has 0 heterocycles. The van der Waals surface area contributed by atoms with E-state index < -0.39 is 0 Å². The van der Waals surface area contributed by atoms with Crippen LogP contribution in [0, 0.1) is 19.7 Å². The van der Waals surface area contributed by atoms with E-state index in [1.54, 1.807) is 6.07 Å². The Bertz CT molecular complexity index is 596. The fourth-order valence-electron chi connectivity index (χ4n) is 2.15. The van der Waals surface area contributed by atoms with E-state index in [9.17, 15) is 4.39 Å². The summed E-state index contributed by atoms with van der Waals surface area (Å²) < 4.78 is 19.1. The van der Waals surface area contributed by atoms with E-state index in [0.29, 0.717) is 13.2 Å². The monoisotopic (exact) mass is 273 g/mol. The highest BCUT2D eigenvalue weighted by Gasteiger charge is 2.06. The Morgan fingerprint density at radius 3 is 2.60 bits per heavy atom. The minimum Gasteiger partial charge on any atom is -0.489 e. The third-order valence-electron chi connectivity index (χ3n) is 3.32. The Kier molecular flexibility index (Phi) is 4.74. The van der Waals surface area contributed by atoms with E-state index in [1.165, 1.54) is 17.7 Å². The molecule has 2 rings (SSSR count). The lowest BCUT2D eigenvalue weighted by Gasteiger charge is -2.13. The lowest BCUT2D eigenvalue weighted by molar-refractivity contribution is 0.301. The molecule has 0 aromatic heterocycles. The van der Waals surface area contributed by atoms with Gasteiger partial charge < -0.3 is 10.5 Å². The molecule has 2 aromatic carbocycles. The maximum atomic E-state index is 13.3. The van der Waals surface area contributed by atoms with Gasteiger partial charge in [-0.25, -0.2) is 4.39 Å². The average molecular weight is 273 g/mol. The van der Waals surface area contributed by atoms with E-state index in [0.717, 1.165) is 28.9 Å². The summed E-state index contributed by atoms with van der Waals surface area (Å²) >= 11 is 0. The lowest BCUT2D eigenvalue weighted by atomic mass is 10.1. The molecule has 3 heteroatoms. The second kappa shape index (κ2) is 6.53. The van der Waals surface area contributed by atoms with Crippen LogP contribution in [0.4, 0.5) is 4.39 Å². The van der Waals surface area contributed by atoms with Crippen molar-refractivity contribution in [2.75, 3.05) is 6.54 Å². The number of halogens is 1. The molecule has 0 aliphatic rings. The molecule has 0 saturated heterocycles. The lowest BCUT2D eigenvalue weighted by Crippen LogP contribution is -2.06. The van der Waals surface area contributed by atoms with Crippen molar-refractivity contribution in [3.63, 3.8) is 0 Å². The first-order valence-electron chi connectivity index (χ1n) is 6.77. The minimum atomic E-state index is -0.236. The molecule has 106 valence electrons. The van der Waals surface area contributed by atoms with Crippen LogP contribution in [0.2, 0.25) is 0 Å². The van der Waals surface area contributed by atoms with E-state index in [2.05, 4.69) is 6.07 Å². The zero-order valence-corrected chi connectivity index (χ0v) is 11.9. The number of benzene rings is 2. The molecule has 2 nitrogen and oxygen atoms in total. The minimum absolute atomic E-state index is 0.236. The van der Waals surface area contributed by atoms with Gasteiger partial charge in [0.1, 0.15) is 18.2 Å². The van der Waals surface area contributed by atoms with Crippen molar-refractivity contribution >= 4 is 0 Å². The predicted molar refractivity (Wildman–Crippen MR) is 79.4 cm³/mol. The topological polar surface area (TPSA) is 35.2 Å². The summed E-state index contributed by atoms with van der Waals surface area (Å²) in [4.78, 5) is 0. The summed E-state index contributed by atoms with van der Waals surface area (Å²) in [6, 6.07) is 10.8. The van der Waals surface area contributed by atoms with Crippen LogP contribution in [0.25, 0.3) is 0 Å². The third kappa shape index (κ3) is 3.58. The van der Waals surface area contributed by atoms with Crippen LogP contribution in [0.1, 0.15) is 22.3 Å². The highest BCUT2D eigenvalue weighted by atomic mass is 19.1. The molecule has 0 fully saturated rings. The Balaban J connectivity index is 2.16. The van der Waals surface area contributed by atoms with Gasteiger partial charge in [-0.15, -0.1) is 0 Å². The molecule has 0 aliphatic heterocycles. The van der Waals surface area contributed by atoms with Crippen molar-refractivity contribution in [1.29, 1.82) is 0 Å². The molecule has 2 aromatic rings. The number of ether oxygens (including phenoxy) is 1. The van der Waals surface area contributed by atoms with Crippen LogP contribution >= 0.6 is 0 Å². The number of hydrogen-bond donors (Lipinski definition) is 1. The summed E-state index contributed by atoms with van der Waals surface area (Å²) in [6.45, 7) is 4.94. The van der Waals surface area contributed by atoms with Gasteiger partial charge in [0, 0.05) is 0 Å². The van der Waals surface area contributed by atoms with Crippen LogP contribution in [0.5, 0.6) is 5.75 Å². The van der Waals surface area contributed by atoms with Gasteiger partial charge >= 0.3 is 0 Å². The quantitative estimate of drug-likeness (QED) is 0.904. The van der Waals surface area contributed by atoms with Crippen molar-refractivity contribution in [1.82, 2.24) is 0 Å². The number of aryl methyl sites for hydroxylation is 2. The molecule has 2 N–H and O–H groups in total. The molecule has 0 spiro atoms. The van der Waals surface area contributed by atoms with Crippen molar-refractivity contribution in [3.05, 3.63) is 64.5 Å². The Morgan fingerprint density at radius 1 is 1.05 bits per heavy atom. The standard InChI is InChI=1S/C17H20FNO/c1-12-3-6-17(14(9-12)7-8-19)20-11-15-10-16(18)5-4-13(15)2/h3-6,9-10H,7-8,11,19H2,1-2H3. The first-order valence-corrected chi connectivity index (χ1v) is 6.77. The molecule has 20 heavy (non-hydrogen) atoms. The van der Waals surface area contributed by atoms with Crippen molar-refractivity contribution in [2.45, 2.75) is 26.9 Å². The number of hydrogen-bond acceptors (Lipinski definition) is 2. The molecule has 0 amide bonds. The van der Waals surface area contributed by atoms with Crippen LogP contribution in [-0.4, -0.2) is 6.54 Å². The van der Waals surface area contributed by atoms with Crippen LogP contribution in [0.15, 0.2) is 36.4 Å². The molecule has 0 radical (unpaired) electrons. The SMILES string of the molecule is Cc1ccc(OCc2cc(F)ccc2C)c(CCN)c1. The van der Waals surface area contributed by atoms with E-state index >= 15 is 0 Å². The van der Waals surface area contributed by atoms with Gasteiger partial charge in [-0.1, -0.05) is 23.8 Å². The van der Waals surface area contributed by atoms with E-state index in [4.69, 9.17) is 10.5 Å². The maximum absolute atomic E-state index is 13.3. The molecular formula is C17H20FNO. The summed E-state index contributed by atoms with van der Waals surface area (Å²) in [5, 5.41) is 0. The van der Waals surface area contributed by atoms with E-state index in [1.807, 2.05) is 26.0 Å². The average Bonchev–Trinajstić information content (AvgIpc) is 2.42. The second-order valence-corrected chi connectivity index (χ2v) is 5.01.